The number of carbonyl (C=O) groups is 1. The van der Waals surface area contributed by atoms with E-state index in [0.717, 1.165) is 25.7 Å². The molecule has 1 aliphatic carbocycles. The van der Waals surface area contributed by atoms with Crippen molar-refractivity contribution in [2.45, 2.75) is 75.6 Å². The molecule has 3 aromatic rings. The summed E-state index contributed by atoms with van der Waals surface area (Å²) >= 11 is 5.92. The maximum atomic E-state index is 15.6. The standard InChI is InChI=1S/C29H36ClFN4O5S2/c1-29(2,3)40-28(36)34-23-9-7-6-8-22(23)33-24-16-21(31)26(15-20(24)30)42(37)35(27-32-12-13-41-27)17-18-10-11-19(38-4)14-25(18)39-5/h10-16,22-23,33H,6-9,17H2,1-5H3,(H,34,36)/t22-,23-,42?/m0/s1. The molecule has 0 bridgehead atoms. The molecular weight excluding hydrogens is 603 g/mol. The minimum absolute atomic E-state index is 0.0831. The zero-order valence-corrected chi connectivity index (χ0v) is 26.6. The number of thiazole rings is 1. The van der Waals surface area contributed by atoms with Crippen molar-refractivity contribution in [2.75, 3.05) is 23.8 Å². The van der Waals surface area contributed by atoms with Gasteiger partial charge < -0.3 is 29.4 Å². The average molecular weight is 639 g/mol. The number of ether oxygens (including phenoxy) is 3. The molecule has 1 aromatic heterocycles. The average Bonchev–Trinajstić information content (AvgIpc) is 3.48. The van der Waals surface area contributed by atoms with Crippen molar-refractivity contribution in [1.29, 1.82) is 0 Å². The highest BCUT2D eigenvalue weighted by Crippen LogP contribution is 2.36. The Morgan fingerprint density at radius 3 is 2.57 bits per heavy atom. The largest absolute Gasteiger partial charge is 0.588 e. The Balaban J connectivity index is 1.56. The van der Waals surface area contributed by atoms with E-state index in [1.54, 1.807) is 57.7 Å². The molecular formula is C29H36ClFN4O5S2. The molecule has 1 heterocycles. The first kappa shape index (κ1) is 32.0. The first-order chi connectivity index (χ1) is 20.0. The van der Waals surface area contributed by atoms with E-state index in [1.165, 1.54) is 34.9 Å². The fraction of sp³-hybridized carbons (Fsp3) is 0.448. The van der Waals surface area contributed by atoms with Gasteiger partial charge in [0.05, 0.1) is 37.5 Å². The fourth-order valence-corrected chi connectivity index (χ4v) is 6.99. The number of nitrogens with zero attached hydrogens (tertiary/aromatic N) is 2. The second-order valence-electron chi connectivity index (χ2n) is 10.8. The number of benzene rings is 2. The van der Waals surface area contributed by atoms with Crippen molar-refractivity contribution in [3.63, 3.8) is 0 Å². The summed E-state index contributed by atoms with van der Waals surface area (Å²) in [5, 5.41) is 8.66. The highest BCUT2D eigenvalue weighted by Gasteiger charge is 2.33. The first-order valence-electron chi connectivity index (χ1n) is 13.5. The smallest absolute Gasteiger partial charge is 0.407 e. The van der Waals surface area contributed by atoms with E-state index in [-0.39, 0.29) is 28.5 Å². The van der Waals surface area contributed by atoms with E-state index in [4.69, 9.17) is 25.8 Å². The van der Waals surface area contributed by atoms with Crippen molar-refractivity contribution in [2.24, 2.45) is 0 Å². The van der Waals surface area contributed by atoms with Gasteiger partial charge in [-0.15, -0.1) is 11.3 Å². The number of anilines is 2. The third-order valence-corrected chi connectivity index (χ3v) is 9.27. The number of rotatable bonds is 10. The van der Waals surface area contributed by atoms with Crippen molar-refractivity contribution in [1.82, 2.24) is 10.3 Å². The molecule has 0 aliphatic heterocycles. The van der Waals surface area contributed by atoms with E-state index < -0.39 is 28.9 Å². The van der Waals surface area contributed by atoms with Gasteiger partial charge in [0.15, 0.2) is 5.82 Å². The third-order valence-electron chi connectivity index (χ3n) is 6.66. The Morgan fingerprint density at radius 2 is 1.93 bits per heavy atom. The van der Waals surface area contributed by atoms with Crippen LogP contribution in [-0.4, -0.2) is 47.5 Å². The molecule has 228 valence electrons. The zero-order chi connectivity index (χ0) is 30.4. The number of amides is 1. The number of alkyl carbamates (subject to hydrolysis) is 1. The molecule has 1 unspecified atom stereocenters. The molecule has 9 nitrogen and oxygen atoms in total. The van der Waals surface area contributed by atoms with Crippen LogP contribution < -0.4 is 24.4 Å². The predicted molar refractivity (Wildman–Crippen MR) is 165 cm³/mol. The van der Waals surface area contributed by atoms with E-state index in [9.17, 15) is 9.35 Å². The van der Waals surface area contributed by atoms with Gasteiger partial charge in [0, 0.05) is 41.4 Å². The molecule has 1 aliphatic rings. The third kappa shape index (κ3) is 8.12. The second-order valence-corrected chi connectivity index (χ2v) is 13.5. The number of carbonyl (C=O) groups excluding carboxylic acids is 1. The van der Waals surface area contributed by atoms with Crippen molar-refractivity contribution in [3.05, 3.63) is 58.3 Å². The molecule has 2 aromatic carbocycles. The minimum Gasteiger partial charge on any atom is -0.588 e. The lowest BCUT2D eigenvalue weighted by molar-refractivity contribution is 0.0488. The first-order valence-corrected chi connectivity index (χ1v) is 15.9. The summed E-state index contributed by atoms with van der Waals surface area (Å²) in [6, 6.07) is 7.53. The highest BCUT2D eigenvalue weighted by atomic mass is 35.5. The predicted octanol–water partition coefficient (Wildman–Crippen LogP) is 6.93. The summed E-state index contributed by atoms with van der Waals surface area (Å²) in [7, 11) is 3.09. The quantitative estimate of drug-likeness (QED) is 0.230. The van der Waals surface area contributed by atoms with Gasteiger partial charge in [-0.2, -0.15) is 4.31 Å². The summed E-state index contributed by atoms with van der Waals surface area (Å²) in [6.45, 7) is 5.55. The Bertz CT molecular complexity index is 1360. The maximum absolute atomic E-state index is 15.6. The van der Waals surface area contributed by atoms with Crippen molar-refractivity contribution < 1.29 is 27.9 Å². The topological polar surface area (TPSA) is 108 Å². The normalized spacial score (nSPS) is 17.7. The van der Waals surface area contributed by atoms with Gasteiger partial charge in [-0.3, -0.25) is 0 Å². The summed E-state index contributed by atoms with van der Waals surface area (Å²) in [6.07, 6.45) is 4.50. The van der Waals surface area contributed by atoms with Gasteiger partial charge >= 0.3 is 6.09 Å². The summed E-state index contributed by atoms with van der Waals surface area (Å²) < 4.78 is 47.3. The van der Waals surface area contributed by atoms with E-state index >= 15 is 4.39 Å². The van der Waals surface area contributed by atoms with Crippen molar-refractivity contribution in [3.8, 4) is 11.5 Å². The molecule has 3 atom stereocenters. The Kier molecular flexibility index (Phi) is 10.7. The van der Waals surface area contributed by atoms with Gasteiger partial charge in [-0.25, -0.2) is 14.2 Å². The Hall–Kier alpha value is -2.93. The van der Waals surface area contributed by atoms with Gasteiger partial charge in [-0.05, 0) is 45.7 Å². The van der Waals surface area contributed by atoms with Crippen LogP contribution in [0.3, 0.4) is 0 Å². The van der Waals surface area contributed by atoms with Crippen LogP contribution in [0.4, 0.5) is 20.0 Å². The van der Waals surface area contributed by atoms with Crippen LogP contribution in [-0.2, 0) is 22.6 Å². The summed E-state index contributed by atoms with van der Waals surface area (Å²) in [4.78, 5) is 16.7. The Morgan fingerprint density at radius 1 is 1.19 bits per heavy atom. The van der Waals surface area contributed by atoms with Gasteiger partial charge in [0.1, 0.15) is 28.5 Å². The number of nitrogens with one attached hydrogen (secondary N) is 2. The number of hydrogen-bond acceptors (Lipinski definition) is 9. The zero-order valence-electron chi connectivity index (χ0n) is 24.2. The highest BCUT2D eigenvalue weighted by molar-refractivity contribution is 7.93. The Labute approximate surface area is 258 Å². The van der Waals surface area contributed by atoms with Crippen LogP contribution in [0.2, 0.25) is 5.02 Å². The lowest BCUT2D eigenvalue weighted by atomic mass is 9.90. The second kappa shape index (κ2) is 14.0. The molecule has 1 amide bonds. The molecule has 0 saturated heterocycles. The van der Waals surface area contributed by atoms with Crippen LogP contribution in [0.15, 0.2) is 46.8 Å². The van der Waals surface area contributed by atoms with Gasteiger partial charge in [0.25, 0.3) is 0 Å². The lowest BCUT2D eigenvalue weighted by Gasteiger charge is -2.34. The monoisotopic (exact) mass is 638 g/mol. The van der Waals surface area contributed by atoms with Crippen LogP contribution in [0, 0.1) is 5.82 Å². The number of methoxy groups -OCH3 is 2. The fourth-order valence-electron chi connectivity index (χ4n) is 4.70. The number of hydrogen-bond donors (Lipinski definition) is 2. The maximum Gasteiger partial charge on any atom is 0.407 e. The molecule has 42 heavy (non-hydrogen) atoms. The number of halogens is 2. The molecule has 4 rings (SSSR count). The van der Waals surface area contributed by atoms with Crippen LogP contribution in [0.5, 0.6) is 11.5 Å². The molecule has 2 N–H and O–H groups in total. The minimum atomic E-state index is -2.00. The van der Waals surface area contributed by atoms with E-state index in [1.807, 2.05) is 0 Å². The molecule has 1 saturated carbocycles. The van der Waals surface area contributed by atoms with Crippen LogP contribution in [0.25, 0.3) is 0 Å². The van der Waals surface area contributed by atoms with Crippen molar-refractivity contribution >= 4 is 51.2 Å². The summed E-state index contributed by atoms with van der Waals surface area (Å²) in [5.41, 5.74) is 0.452. The van der Waals surface area contributed by atoms with E-state index in [2.05, 4.69) is 15.6 Å². The van der Waals surface area contributed by atoms with Gasteiger partial charge in [-0.1, -0.05) is 24.4 Å². The summed E-state index contributed by atoms with van der Waals surface area (Å²) in [5.74, 6) is 0.462. The molecule has 0 spiro atoms. The van der Waals surface area contributed by atoms with Crippen LogP contribution in [0.1, 0.15) is 52.0 Å². The molecule has 0 radical (unpaired) electrons. The van der Waals surface area contributed by atoms with E-state index in [0.29, 0.717) is 27.9 Å². The molecule has 13 heteroatoms. The SMILES string of the molecule is COc1ccc(CN(c2nccs2)[S+]([O-])c2cc(Cl)c(N[C@H]3CCCC[C@@H]3NC(=O)OC(C)(C)C)cc2F)c(OC)c1. The van der Waals surface area contributed by atoms with Gasteiger partial charge in [0.2, 0.25) is 10.0 Å². The number of aromatic nitrogens is 1. The van der Waals surface area contributed by atoms with Crippen LogP contribution >= 0.6 is 22.9 Å². The lowest BCUT2D eigenvalue weighted by Crippen LogP contribution is -2.49. The molecule has 1 fully saturated rings.